The number of ether oxygens (including phenoxy) is 1. The van der Waals surface area contributed by atoms with Crippen molar-refractivity contribution < 1.29 is 4.74 Å². The smallest absolute Gasteiger partial charge is 0.0698 e. The summed E-state index contributed by atoms with van der Waals surface area (Å²) in [5.74, 6) is 0. The minimum atomic E-state index is 0.807. The lowest BCUT2D eigenvalue weighted by Crippen LogP contribution is -2.36. The van der Waals surface area contributed by atoms with Gasteiger partial charge in [0.1, 0.15) is 0 Å². The van der Waals surface area contributed by atoms with Crippen LogP contribution in [0.15, 0.2) is 22.9 Å². The van der Waals surface area contributed by atoms with Crippen molar-refractivity contribution in [2.24, 2.45) is 0 Å². The second-order valence-electron chi connectivity index (χ2n) is 2.93. The zero-order valence-electron chi connectivity index (χ0n) is 7.24. The Labute approximate surface area is 85.8 Å². The van der Waals surface area contributed by atoms with Gasteiger partial charge in [0, 0.05) is 23.8 Å². The predicted molar refractivity (Wildman–Crippen MR) is 55.0 cm³/mol. The number of rotatable bonds is 1. The maximum Gasteiger partial charge on any atom is 0.0698 e. The molecule has 0 spiro atoms. The topological polar surface area (TPSA) is 25.4 Å². The van der Waals surface area contributed by atoms with Crippen LogP contribution < -0.4 is 4.90 Å². The van der Waals surface area contributed by atoms with Crippen LogP contribution in [0.1, 0.15) is 0 Å². The van der Waals surface area contributed by atoms with Crippen LogP contribution in [0.5, 0.6) is 0 Å². The van der Waals surface area contributed by atoms with Crippen molar-refractivity contribution in [2.45, 2.75) is 0 Å². The first-order chi connectivity index (χ1) is 6.38. The fourth-order valence-electron chi connectivity index (χ4n) is 1.41. The Bertz CT molecular complexity index is 287. The Hall–Kier alpha value is -0.610. The summed E-state index contributed by atoms with van der Waals surface area (Å²) in [7, 11) is 0. The minimum Gasteiger partial charge on any atom is -0.378 e. The molecule has 0 bridgehead atoms. The first-order valence-electron chi connectivity index (χ1n) is 4.30. The number of morpholine rings is 1. The average molecular weight is 243 g/mol. The number of anilines is 1. The van der Waals surface area contributed by atoms with Gasteiger partial charge >= 0.3 is 0 Å². The third-order valence-electron chi connectivity index (χ3n) is 2.10. The van der Waals surface area contributed by atoms with Crippen LogP contribution in [0.3, 0.4) is 0 Å². The van der Waals surface area contributed by atoms with Crippen LogP contribution in [-0.2, 0) is 4.74 Å². The molecule has 4 heteroatoms. The van der Waals surface area contributed by atoms with E-state index in [1.807, 2.05) is 12.3 Å². The summed E-state index contributed by atoms with van der Waals surface area (Å²) < 4.78 is 6.38. The summed E-state index contributed by atoms with van der Waals surface area (Å²) in [6, 6.07) is 1.96. The maximum absolute atomic E-state index is 5.28. The third-order valence-corrected chi connectivity index (χ3v) is 2.77. The molecule has 0 atom stereocenters. The first-order valence-corrected chi connectivity index (χ1v) is 5.09. The molecule has 1 saturated heterocycles. The van der Waals surface area contributed by atoms with E-state index in [0.717, 1.165) is 36.5 Å². The summed E-state index contributed by atoms with van der Waals surface area (Å²) in [4.78, 5) is 6.39. The number of aromatic nitrogens is 1. The highest BCUT2D eigenvalue weighted by molar-refractivity contribution is 9.10. The number of nitrogens with zero attached hydrogens (tertiary/aromatic N) is 2. The Morgan fingerprint density at radius 2 is 2.15 bits per heavy atom. The monoisotopic (exact) mass is 242 g/mol. The van der Waals surface area contributed by atoms with E-state index >= 15 is 0 Å². The standard InChI is InChI=1S/C9H11BrN2O/c10-8-1-2-11-7-9(8)12-3-5-13-6-4-12/h1-2,7H,3-6H2. The molecule has 1 aromatic rings. The van der Waals surface area contributed by atoms with Gasteiger partial charge in [-0.2, -0.15) is 0 Å². The highest BCUT2D eigenvalue weighted by Gasteiger charge is 2.13. The minimum absolute atomic E-state index is 0.807. The van der Waals surface area contributed by atoms with E-state index in [4.69, 9.17) is 4.74 Å². The Kier molecular flexibility index (Phi) is 2.80. The molecule has 0 amide bonds. The van der Waals surface area contributed by atoms with Crippen LogP contribution in [0.2, 0.25) is 0 Å². The van der Waals surface area contributed by atoms with E-state index in [2.05, 4.69) is 25.8 Å². The summed E-state index contributed by atoms with van der Waals surface area (Å²) in [5.41, 5.74) is 1.16. The average Bonchev–Trinajstić information content (AvgIpc) is 2.20. The van der Waals surface area contributed by atoms with Crippen molar-refractivity contribution in [1.29, 1.82) is 0 Å². The molecule has 0 saturated carbocycles. The zero-order valence-corrected chi connectivity index (χ0v) is 8.83. The number of halogens is 1. The molecule has 0 aromatic carbocycles. The van der Waals surface area contributed by atoms with E-state index in [0.29, 0.717) is 0 Å². The van der Waals surface area contributed by atoms with Crippen LogP contribution >= 0.6 is 15.9 Å². The lowest BCUT2D eigenvalue weighted by molar-refractivity contribution is 0.122. The first kappa shape index (κ1) is 8.97. The largest absolute Gasteiger partial charge is 0.378 e. The third kappa shape index (κ3) is 2.00. The van der Waals surface area contributed by atoms with Crippen molar-refractivity contribution in [3.8, 4) is 0 Å². The maximum atomic E-state index is 5.28. The Balaban J connectivity index is 2.18. The normalized spacial score (nSPS) is 17.5. The number of pyridine rings is 1. The van der Waals surface area contributed by atoms with Gasteiger partial charge in [-0.1, -0.05) is 0 Å². The van der Waals surface area contributed by atoms with Gasteiger partial charge in [-0.3, -0.25) is 4.98 Å². The SMILES string of the molecule is Brc1ccncc1N1CCOCC1. The molecular weight excluding hydrogens is 232 g/mol. The highest BCUT2D eigenvalue weighted by atomic mass is 79.9. The highest BCUT2D eigenvalue weighted by Crippen LogP contribution is 2.24. The Morgan fingerprint density at radius 1 is 1.38 bits per heavy atom. The molecule has 0 N–H and O–H groups in total. The van der Waals surface area contributed by atoms with Crippen LogP contribution in [0.4, 0.5) is 5.69 Å². The van der Waals surface area contributed by atoms with Crippen molar-refractivity contribution in [3.05, 3.63) is 22.9 Å². The van der Waals surface area contributed by atoms with Gasteiger partial charge in [-0.25, -0.2) is 0 Å². The van der Waals surface area contributed by atoms with E-state index in [1.54, 1.807) is 6.20 Å². The van der Waals surface area contributed by atoms with Crippen molar-refractivity contribution in [1.82, 2.24) is 4.98 Å². The van der Waals surface area contributed by atoms with E-state index < -0.39 is 0 Å². The van der Waals surface area contributed by atoms with Gasteiger partial charge < -0.3 is 9.64 Å². The van der Waals surface area contributed by atoms with E-state index in [-0.39, 0.29) is 0 Å². The van der Waals surface area contributed by atoms with Gasteiger partial charge in [0.2, 0.25) is 0 Å². The molecule has 1 fully saturated rings. The molecular formula is C9H11BrN2O. The van der Waals surface area contributed by atoms with Gasteiger partial charge in [-0.05, 0) is 22.0 Å². The van der Waals surface area contributed by atoms with Crippen LogP contribution in [0.25, 0.3) is 0 Å². The Morgan fingerprint density at radius 3 is 2.85 bits per heavy atom. The van der Waals surface area contributed by atoms with Crippen LogP contribution in [-0.4, -0.2) is 31.3 Å². The molecule has 70 valence electrons. The summed E-state index contributed by atoms with van der Waals surface area (Å²) in [6.45, 7) is 3.51. The zero-order chi connectivity index (χ0) is 9.10. The van der Waals surface area contributed by atoms with Crippen molar-refractivity contribution in [2.75, 3.05) is 31.2 Å². The molecule has 0 radical (unpaired) electrons. The lowest BCUT2D eigenvalue weighted by atomic mass is 10.3. The van der Waals surface area contributed by atoms with Gasteiger partial charge in [-0.15, -0.1) is 0 Å². The molecule has 0 aliphatic carbocycles. The van der Waals surface area contributed by atoms with E-state index in [9.17, 15) is 0 Å². The number of hydrogen-bond acceptors (Lipinski definition) is 3. The van der Waals surface area contributed by atoms with Gasteiger partial charge in [0.05, 0.1) is 25.1 Å². The summed E-state index contributed by atoms with van der Waals surface area (Å²) in [6.07, 6.45) is 3.67. The van der Waals surface area contributed by atoms with Gasteiger partial charge in [0.15, 0.2) is 0 Å². The van der Waals surface area contributed by atoms with E-state index in [1.165, 1.54) is 0 Å². The second-order valence-corrected chi connectivity index (χ2v) is 3.78. The quantitative estimate of drug-likeness (QED) is 0.750. The van der Waals surface area contributed by atoms with Gasteiger partial charge in [0.25, 0.3) is 0 Å². The molecule has 3 nitrogen and oxygen atoms in total. The molecule has 0 unspecified atom stereocenters. The molecule has 1 aromatic heterocycles. The molecule has 1 aliphatic rings. The van der Waals surface area contributed by atoms with Crippen LogP contribution in [0, 0.1) is 0 Å². The summed E-state index contributed by atoms with van der Waals surface area (Å²) in [5, 5.41) is 0. The molecule has 1 aliphatic heterocycles. The molecule has 2 heterocycles. The predicted octanol–water partition coefficient (Wildman–Crippen LogP) is 1.68. The molecule has 2 rings (SSSR count). The van der Waals surface area contributed by atoms with Crippen molar-refractivity contribution >= 4 is 21.6 Å². The fraction of sp³-hybridized carbons (Fsp3) is 0.444. The molecule has 13 heavy (non-hydrogen) atoms. The number of hydrogen-bond donors (Lipinski definition) is 0. The summed E-state index contributed by atoms with van der Waals surface area (Å²) >= 11 is 3.51. The fourth-order valence-corrected chi connectivity index (χ4v) is 1.88. The lowest BCUT2D eigenvalue weighted by Gasteiger charge is -2.29. The second kappa shape index (κ2) is 4.07. The van der Waals surface area contributed by atoms with Crippen molar-refractivity contribution in [3.63, 3.8) is 0 Å².